The Morgan fingerprint density at radius 2 is 2.27 bits per heavy atom. The Morgan fingerprint density at radius 1 is 1.50 bits per heavy atom. The Hall–Kier alpha value is -1.40. The maximum atomic E-state index is 12.2. The van der Waals surface area contributed by atoms with Crippen LogP contribution >= 0.6 is 15.9 Å². The molecule has 0 radical (unpaired) electrons. The van der Waals surface area contributed by atoms with Crippen LogP contribution in [0.25, 0.3) is 0 Å². The Labute approximate surface area is 139 Å². The second-order valence-corrected chi connectivity index (χ2v) is 6.71. The van der Waals surface area contributed by atoms with E-state index in [-0.39, 0.29) is 24.4 Å². The Bertz CT molecular complexity index is 548. The van der Waals surface area contributed by atoms with Gasteiger partial charge in [-0.3, -0.25) is 9.59 Å². The van der Waals surface area contributed by atoms with Crippen molar-refractivity contribution in [2.45, 2.75) is 25.8 Å². The van der Waals surface area contributed by atoms with Crippen molar-refractivity contribution in [2.75, 3.05) is 19.6 Å². The van der Waals surface area contributed by atoms with E-state index in [2.05, 4.69) is 21.2 Å². The lowest BCUT2D eigenvalue weighted by Crippen LogP contribution is -2.48. The number of amides is 2. The van der Waals surface area contributed by atoms with Crippen LogP contribution in [0.1, 0.15) is 30.1 Å². The number of nitrogens with zero attached hydrogens (tertiary/aromatic N) is 1. The number of benzene rings is 1. The fraction of sp³-hybridized carbons (Fsp3) is 0.500. The molecule has 22 heavy (non-hydrogen) atoms. The van der Waals surface area contributed by atoms with E-state index in [0.717, 1.165) is 23.9 Å². The van der Waals surface area contributed by atoms with E-state index in [1.165, 1.54) is 0 Å². The number of carbonyl (C=O) groups excluding carboxylic acids is 2. The average Bonchev–Trinajstić information content (AvgIpc) is 2.52. The normalized spacial score (nSPS) is 19.6. The van der Waals surface area contributed by atoms with E-state index in [1.54, 1.807) is 23.1 Å². The van der Waals surface area contributed by atoms with E-state index in [4.69, 9.17) is 5.73 Å². The van der Waals surface area contributed by atoms with Crippen LogP contribution in [-0.2, 0) is 4.79 Å². The predicted molar refractivity (Wildman–Crippen MR) is 89.4 cm³/mol. The Balaban J connectivity index is 1.86. The molecule has 1 fully saturated rings. The summed E-state index contributed by atoms with van der Waals surface area (Å²) in [5, 5.41) is 2.69. The van der Waals surface area contributed by atoms with Crippen molar-refractivity contribution >= 4 is 27.7 Å². The van der Waals surface area contributed by atoms with Crippen LogP contribution in [0.2, 0.25) is 0 Å². The monoisotopic (exact) mass is 367 g/mol. The maximum absolute atomic E-state index is 12.2. The fourth-order valence-electron chi connectivity index (χ4n) is 2.67. The first kappa shape index (κ1) is 17.0. The van der Waals surface area contributed by atoms with Crippen molar-refractivity contribution in [3.63, 3.8) is 0 Å². The third-order valence-electron chi connectivity index (χ3n) is 4.04. The number of nitrogens with two attached hydrogens (primary N) is 1. The molecule has 2 atom stereocenters. The van der Waals surface area contributed by atoms with E-state index >= 15 is 0 Å². The molecule has 0 spiro atoms. The summed E-state index contributed by atoms with van der Waals surface area (Å²) >= 11 is 3.33. The highest BCUT2D eigenvalue weighted by Crippen LogP contribution is 2.18. The number of likely N-dealkylation sites (tertiary alicyclic amines) is 1. The summed E-state index contributed by atoms with van der Waals surface area (Å²) in [7, 11) is 0. The van der Waals surface area contributed by atoms with Gasteiger partial charge in [0.05, 0.1) is 6.54 Å². The first-order valence-electron chi connectivity index (χ1n) is 7.54. The summed E-state index contributed by atoms with van der Waals surface area (Å²) in [5.74, 6) is 0.0579. The van der Waals surface area contributed by atoms with Crippen LogP contribution in [0.15, 0.2) is 28.7 Å². The number of piperidine rings is 1. The van der Waals surface area contributed by atoms with Crippen LogP contribution in [0.5, 0.6) is 0 Å². The van der Waals surface area contributed by atoms with Gasteiger partial charge in [0, 0.05) is 29.2 Å². The van der Waals surface area contributed by atoms with Crippen molar-refractivity contribution in [3.8, 4) is 0 Å². The quantitative estimate of drug-likeness (QED) is 0.851. The van der Waals surface area contributed by atoms with Gasteiger partial charge in [0.1, 0.15) is 0 Å². The number of rotatable bonds is 4. The van der Waals surface area contributed by atoms with Gasteiger partial charge in [-0.15, -0.1) is 0 Å². The van der Waals surface area contributed by atoms with Crippen LogP contribution in [-0.4, -0.2) is 42.4 Å². The molecule has 0 aromatic heterocycles. The molecule has 0 aliphatic carbocycles. The lowest BCUT2D eigenvalue weighted by atomic mass is 9.92. The van der Waals surface area contributed by atoms with Gasteiger partial charge >= 0.3 is 0 Å². The van der Waals surface area contributed by atoms with Gasteiger partial charge < -0.3 is 16.0 Å². The summed E-state index contributed by atoms with van der Waals surface area (Å²) in [4.78, 5) is 26.1. The highest BCUT2D eigenvalue weighted by molar-refractivity contribution is 9.10. The molecule has 0 saturated carbocycles. The maximum Gasteiger partial charge on any atom is 0.251 e. The van der Waals surface area contributed by atoms with E-state index in [0.29, 0.717) is 18.0 Å². The third-order valence-corrected chi connectivity index (χ3v) is 4.53. The smallest absolute Gasteiger partial charge is 0.251 e. The molecule has 1 aromatic rings. The average molecular weight is 368 g/mol. The minimum atomic E-state index is -0.240. The number of halogens is 1. The van der Waals surface area contributed by atoms with Crippen molar-refractivity contribution in [1.29, 1.82) is 0 Å². The first-order chi connectivity index (χ1) is 10.5. The number of carbonyl (C=O) groups is 2. The second-order valence-electron chi connectivity index (χ2n) is 5.79. The topological polar surface area (TPSA) is 75.4 Å². The molecule has 5 nitrogen and oxygen atoms in total. The number of hydrogen-bond acceptors (Lipinski definition) is 3. The zero-order chi connectivity index (χ0) is 16.1. The molecular formula is C16H22BrN3O2. The van der Waals surface area contributed by atoms with Gasteiger partial charge in [0.15, 0.2) is 0 Å². The van der Waals surface area contributed by atoms with E-state index in [1.807, 2.05) is 13.0 Å². The minimum Gasteiger partial charge on any atom is -0.343 e. The third kappa shape index (κ3) is 4.55. The highest BCUT2D eigenvalue weighted by Gasteiger charge is 2.25. The molecule has 1 heterocycles. The van der Waals surface area contributed by atoms with Gasteiger partial charge in [0.25, 0.3) is 5.91 Å². The van der Waals surface area contributed by atoms with Crippen LogP contribution in [0.4, 0.5) is 0 Å². The summed E-state index contributed by atoms with van der Waals surface area (Å²) < 4.78 is 0.835. The molecule has 3 N–H and O–H groups in total. The fourth-order valence-corrected chi connectivity index (χ4v) is 3.06. The van der Waals surface area contributed by atoms with Crippen molar-refractivity contribution < 1.29 is 9.59 Å². The van der Waals surface area contributed by atoms with Crippen LogP contribution in [0, 0.1) is 5.92 Å². The molecule has 2 rings (SSSR count). The van der Waals surface area contributed by atoms with E-state index in [9.17, 15) is 9.59 Å². The second kappa shape index (κ2) is 7.74. The summed E-state index contributed by atoms with van der Waals surface area (Å²) in [6, 6.07) is 7.18. The number of hydrogen-bond donors (Lipinski definition) is 2. The Kier molecular flexibility index (Phi) is 5.97. The van der Waals surface area contributed by atoms with Crippen molar-refractivity contribution in [2.24, 2.45) is 11.7 Å². The SMILES string of the molecule is CC(N)C1CCCN(C(=O)CNC(=O)c2cccc(Br)c2)C1. The van der Waals surface area contributed by atoms with Gasteiger partial charge in [0.2, 0.25) is 5.91 Å². The first-order valence-corrected chi connectivity index (χ1v) is 8.34. The van der Waals surface area contributed by atoms with Gasteiger partial charge in [-0.1, -0.05) is 22.0 Å². The molecule has 2 unspecified atom stereocenters. The van der Waals surface area contributed by atoms with Gasteiger partial charge in [-0.2, -0.15) is 0 Å². The number of nitrogens with one attached hydrogen (secondary N) is 1. The summed E-state index contributed by atoms with van der Waals surface area (Å²) in [6.45, 7) is 3.43. The van der Waals surface area contributed by atoms with Crippen molar-refractivity contribution in [1.82, 2.24) is 10.2 Å². The predicted octanol–water partition coefficient (Wildman–Crippen LogP) is 1.76. The molecule has 120 valence electrons. The van der Waals surface area contributed by atoms with Gasteiger partial charge in [-0.05, 0) is 43.9 Å². The lowest BCUT2D eigenvalue weighted by Gasteiger charge is -2.34. The summed E-state index contributed by atoms with van der Waals surface area (Å²) in [6.07, 6.45) is 2.03. The molecule has 1 aromatic carbocycles. The van der Waals surface area contributed by atoms with Crippen LogP contribution in [0.3, 0.4) is 0 Å². The molecule has 6 heteroatoms. The molecule has 1 saturated heterocycles. The summed E-state index contributed by atoms with van der Waals surface area (Å²) in [5.41, 5.74) is 6.47. The van der Waals surface area contributed by atoms with E-state index < -0.39 is 0 Å². The van der Waals surface area contributed by atoms with Crippen molar-refractivity contribution in [3.05, 3.63) is 34.3 Å². The molecular weight excluding hydrogens is 346 g/mol. The molecule has 1 aliphatic heterocycles. The lowest BCUT2D eigenvalue weighted by molar-refractivity contribution is -0.132. The molecule has 1 aliphatic rings. The standard InChI is InChI=1S/C16H22BrN3O2/c1-11(18)13-5-3-7-20(10-13)15(21)9-19-16(22)12-4-2-6-14(17)8-12/h2,4,6,8,11,13H,3,5,7,9-10,18H2,1H3,(H,19,22). The zero-order valence-corrected chi connectivity index (χ0v) is 14.3. The molecule has 0 bridgehead atoms. The highest BCUT2D eigenvalue weighted by atomic mass is 79.9. The molecule has 2 amide bonds. The minimum absolute atomic E-state index is 0.0248. The van der Waals surface area contributed by atoms with Gasteiger partial charge in [-0.25, -0.2) is 0 Å². The Morgan fingerprint density at radius 3 is 2.95 bits per heavy atom. The zero-order valence-electron chi connectivity index (χ0n) is 12.7. The van der Waals surface area contributed by atoms with Crippen LogP contribution < -0.4 is 11.1 Å². The largest absolute Gasteiger partial charge is 0.343 e.